The lowest BCUT2D eigenvalue weighted by Gasteiger charge is -2.11. The van der Waals surface area contributed by atoms with Gasteiger partial charge in [-0.3, -0.25) is 0 Å². The summed E-state index contributed by atoms with van der Waals surface area (Å²) in [5.74, 6) is 6.17. The number of amidine groups is 1. The van der Waals surface area contributed by atoms with Crippen LogP contribution in [0.4, 0.5) is 0 Å². The maximum atomic E-state index is 5.96. The van der Waals surface area contributed by atoms with E-state index >= 15 is 0 Å². The van der Waals surface area contributed by atoms with E-state index in [1.807, 2.05) is 0 Å². The highest BCUT2D eigenvalue weighted by molar-refractivity contribution is 6.32. The average molecular weight is 230 g/mol. The van der Waals surface area contributed by atoms with Crippen LogP contribution in [0.5, 0.6) is 11.5 Å². The Morgan fingerprint density at radius 3 is 2.47 bits per heavy atom. The van der Waals surface area contributed by atoms with Crippen LogP contribution in [0.15, 0.2) is 17.2 Å². The van der Waals surface area contributed by atoms with Crippen molar-refractivity contribution in [1.29, 1.82) is 0 Å². The summed E-state index contributed by atoms with van der Waals surface area (Å²) in [7, 11) is 3.01. The van der Waals surface area contributed by atoms with Gasteiger partial charge in [-0.2, -0.15) is 5.10 Å². The Morgan fingerprint density at radius 2 is 2.00 bits per heavy atom. The van der Waals surface area contributed by atoms with Gasteiger partial charge in [0.05, 0.1) is 19.2 Å². The molecule has 0 aliphatic carbocycles. The molecule has 15 heavy (non-hydrogen) atoms. The van der Waals surface area contributed by atoms with Gasteiger partial charge in [0, 0.05) is 5.56 Å². The van der Waals surface area contributed by atoms with Crippen LogP contribution in [0.3, 0.4) is 0 Å². The fourth-order valence-electron chi connectivity index (χ4n) is 1.14. The zero-order chi connectivity index (χ0) is 11.4. The van der Waals surface area contributed by atoms with E-state index in [-0.39, 0.29) is 5.84 Å². The normalized spacial score (nSPS) is 11.3. The Bertz CT molecular complexity index is 393. The van der Waals surface area contributed by atoms with Crippen LogP contribution in [-0.4, -0.2) is 20.1 Å². The molecule has 0 atom stereocenters. The molecule has 5 nitrogen and oxygen atoms in total. The van der Waals surface area contributed by atoms with Crippen LogP contribution in [0.2, 0.25) is 5.02 Å². The standard InChI is InChI=1S/C9H12ClN3O2/c1-14-7-4-5(9(11)13-12)3-6(10)8(7)15-2/h3-4H,12H2,1-2H3,(H2,11,13). The van der Waals surface area contributed by atoms with E-state index in [1.165, 1.54) is 14.2 Å². The average Bonchev–Trinajstić information content (AvgIpc) is 2.26. The van der Waals surface area contributed by atoms with E-state index in [4.69, 9.17) is 32.7 Å². The molecule has 0 heterocycles. The molecular weight excluding hydrogens is 218 g/mol. The Morgan fingerprint density at radius 1 is 1.33 bits per heavy atom. The summed E-state index contributed by atoms with van der Waals surface area (Å²) in [6.45, 7) is 0. The molecule has 0 saturated carbocycles. The maximum Gasteiger partial charge on any atom is 0.179 e. The molecule has 0 saturated heterocycles. The summed E-state index contributed by atoms with van der Waals surface area (Å²) >= 11 is 5.96. The molecule has 0 unspecified atom stereocenters. The largest absolute Gasteiger partial charge is 0.493 e. The van der Waals surface area contributed by atoms with E-state index in [0.29, 0.717) is 22.1 Å². The molecule has 4 N–H and O–H groups in total. The molecule has 1 aromatic carbocycles. The van der Waals surface area contributed by atoms with E-state index < -0.39 is 0 Å². The van der Waals surface area contributed by atoms with Gasteiger partial charge in [-0.05, 0) is 12.1 Å². The van der Waals surface area contributed by atoms with Crippen molar-refractivity contribution in [1.82, 2.24) is 0 Å². The minimum Gasteiger partial charge on any atom is -0.493 e. The van der Waals surface area contributed by atoms with Gasteiger partial charge in [0.25, 0.3) is 0 Å². The number of hydrogen-bond donors (Lipinski definition) is 2. The second-order valence-electron chi connectivity index (χ2n) is 2.71. The molecule has 1 rings (SSSR count). The third-order valence-corrected chi connectivity index (χ3v) is 2.15. The van der Waals surface area contributed by atoms with Crippen LogP contribution < -0.4 is 21.1 Å². The number of nitrogens with two attached hydrogens (primary N) is 2. The van der Waals surface area contributed by atoms with Crippen molar-refractivity contribution in [2.75, 3.05) is 14.2 Å². The number of benzene rings is 1. The molecule has 0 aromatic heterocycles. The van der Waals surface area contributed by atoms with Crippen LogP contribution in [-0.2, 0) is 0 Å². The molecule has 1 aromatic rings. The number of ether oxygens (including phenoxy) is 2. The lowest BCUT2D eigenvalue weighted by atomic mass is 10.2. The fourth-order valence-corrected chi connectivity index (χ4v) is 1.43. The van der Waals surface area contributed by atoms with Gasteiger partial charge in [-0.15, -0.1) is 0 Å². The van der Waals surface area contributed by atoms with Crippen molar-refractivity contribution in [2.24, 2.45) is 16.7 Å². The fraction of sp³-hybridized carbons (Fsp3) is 0.222. The third kappa shape index (κ3) is 2.24. The third-order valence-electron chi connectivity index (χ3n) is 1.87. The predicted molar refractivity (Wildman–Crippen MR) is 59.5 cm³/mol. The first-order chi connectivity index (χ1) is 7.13. The van der Waals surface area contributed by atoms with Gasteiger partial charge in [-0.1, -0.05) is 11.6 Å². The Kier molecular flexibility index (Phi) is 3.62. The maximum absolute atomic E-state index is 5.96. The van der Waals surface area contributed by atoms with Crippen molar-refractivity contribution < 1.29 is 9.47 Å². The molecular formula is C9H12ClN3O2. The van der Waals surface area contributed by atoms with Gasteiger partial charge < -0.3 is 21.1 Å². The summed E-state index contributed by atoms with van der Waals surface area (Å²) in [5, 5.41) is 3.76. The molecule has 0 aliphatic rings. The van der Waals surface area contributed by atoms with E-state index in [0.717, 1.165) is 0 Å². The number of nitrogens with zero attached hydrogens (tertiary/aromatic N) is 1. The number of hydrazone groups is 1. The lowest BCUT2D eigenvalue weighted by molar-refractivity contribution is 0.355. The van der Waals surface area contributed by atoms with E-state index in [2.05, 4.69) is 5.10 Å². The van der Waals surface area contributed by atoms with Crippen molar-refractivity contribution in [3.63, 3.8) is 0 Å². The molecule has 0 fully saturated rings. The SMILES string of the molecule is COc1cc(/C(N)=N/N)cc(Cl)c1OC. The summed E-state index contributed by atoms with van der Waals surface area (Å²) in [4.78, 5) is 0. The van der Waals surface area contributed by atoms with Crippen molar-refractivity contribution in [3.05, 3.63) is 22.7 Å². The number of halogens is 1. The van der Waals surface area contributed by atoms with E-state index in [1.54, 1.807) is 12.1 Å². The molecule has 82 valence electrons. The first-order valence-electron chi connectivity index (χ1n) is 4.09. The zero-order valence-corrected chi connectivity index (χ0v) is 9.21. The molecule has 0 aliphatic heterocycles. The van der Waals surface area contributed by atoms with Crippen LogP contribution in [0.25, 0.3) is 0 Å². The van der Waals surface area contributed by atoms with Gasteiger partial charge in [0.15, 0.2) is 11.5 Å². The Labute approximate surface area is 92.6 Å². The number of methoxy groups -OCH3 is 2. The van der Waals surface area contributed by atoms with Crippen molar-refractivity contribution in [2.45, 2.75) is 0 Å². The minimum atomic E-state index is 0.179. The molecule has 0 amide bonds. The zero-order valence-electron chi connectivity index (χ0n) is 8.45. The van der Waals surface area contributed by atoms with Crippen molar-refractivity contribution in [3.8, 4) is 11.5 Å². The predicted octanol–water partition coefficient (Wildman–Crippen LogP) is 0.936. The van der Waals surface area contributed by atoms with Gasteiger partial charge in [0.1, 0.15) is 5.84 Å². The topological polar surface area (TPSA) is 82.9 Å². The highest BCUT2D eigenvalue weighted by Gasteiger charge is 2.12. The summed E-state index contributed by atoms with van der Waals surface area (Å²) < 4.78 is 10.2. The first kappa shape index (κ1) is 11.5. The lowest BCUT2D eigenvalue weighted by Crippen LogP contribution is -2.15. The smallest absolute Gasteiger partial charge is 0.179 e. The number of rotatable bonds is 3. The van der Waals surface area contributed by atoms with E-state index in [9.17, 15) is 0 Å². The van der Waals surface area contributed by atoms with Crippen molar-refractivity contribution >= 4 is 17.4 Å². The summed E-state index contributed by atoms with van der Waals surface area (Å²) in [5.41, 5.74) is 6.13. The number of hydrogen-bond acceptors (Lipinski definition) is 4. The molecule has 6 heteroatoms. The minimum absolute atomic E-state index is 0.179. The summed E-state index contributed by atoms with van der Waals surface area (Å²) in [6.07, 6.45) is 0. The highest BCUT2D eigenvalue weighted by Crippen LogP contribution is 2.35. The Balaban J connectivity index is 3.32. The second kappa shape index (κ2) is 4.75. The van der Waals surface area contributed by atoms with Gasteiger partial charge in [-0.25, -0.2) is 0 Å². The molecule has 0 spiro atoms. The van der Waals surface area contributed by atoms with Gasteiger partial charge in [0.2, 0.25) is 0 Å². The van der Waals surface area contributed by atoms with Crippen LogP contribution in [0.1, 0.15) is 5.56 Å². The molecule has 0 radical (unpaired) electrons. The quantitative estimate of drug-likeness (QED) is 0.350. The summed E-state index contributed by atoms with van der Waals surface area (Å²) in [6, 6.07) is 3.25. The molecule has 0 bridgehead atoms. The highest BCUT2D eigenvalue weighted by atomic mass is 35.5. The first-order valence-corrected chi connectivity index (χ1v) is 4.47. The monoisotopic (exact) mass is 229 g/mol. The Hall–Kier alpha value is -1.62. The van der Waals surface area contributed by atoms with Crippen LogP contribution in [0, 0.1) is 0 Å². The van der Waals surface area contributed by atoms with Crippen LogP contribution >= 0.6 is 11.6 Å². The second-order valence-corrected chi connectivity index (χ2v) is 3.12. The van der Waals surface area contributed by atoms with Gasteiger partial charge >= 0.3 is 0 Å².